The normalized spacial score (nSPS) is 13.8. The highest BCUT2D eigenvalue weighted by molar-refractivity contribution is 5.69. The lowest BCUT2D eigenvalue weighted by Crippen LogP contribution is -2.02. The van der Waals surface area contributed by atoms with Crippen molar-refractivity contribution in [3.05, 3.63) is 74.5 Å². The van der Waals surface area contributed by atoms with Crippen LogP contribution in [0, 0.1) is 10.4 Å². The predicted octanol–water partition coefficient (Wildman–Crippen LogP) is 1.80. The Morgan fingerprint density at radius 3 is 2.88 bits per heavy atom. The molecule has 73 valence electrons. The van der Waals surface area contributed by atoms with Crippen molar-refractivity contribution < 1.29 is 0 Å². The highest BCUT2D eigenvalue weighted by Crippen LogP contribution is 2.12. The zero-order valence-electron chi connectivity index (χ0n) is 8.70. The molecule has 4 rings (SSSR count). The summed E-state index contributed by atoms with van der Waals surface area (Å²) in [5.41, 5.74) is 2.54. The molecule has 2 aromatic carbocycles. The van der Waals surface area contributed by atoms with Crippen LogP contribution in [-0.4, -0.2) is 0 Å². The maximum atomic E-state index is 3.46. The Hall–Kier alpha value is -2.08. The van der Waals surface area contributed by atoms with Gasteiger partial charge < -0.3 is 0 Å². The van der Waals surface area contributed by atoms with Gasteiger partial charge in [0, 0.05) is 0 Å². The number of allylic oxidation sites excluding steroid dienone is 1. The summed E-state index contributed by atoms with van der Waals surface area (Å²) in [7, 11) is 0. The Balaban J connectivity index is 2.31. The average Bonchev–Trinajstić information content (AvgIpc) is 2.88. The minimum absolute atomic E-state index is 1.21. The van der Waals surface area contributed by atoms with E-state index >= 15 is 0 Å². The smallest absolute Gasteiger partial charge is 0.00137 e. The fourth-order valence-corrected chi connectivity index (χ4v) is 2.48. The van der Waals surface area contributed by atoms with Gasteiger partial charge in [0.05, 0.1) is 0 Å². The summed E-state index contributed by atoms with van der Waals surface area (Å²) in [5.74, 6) is 0. The third-order valence-corrected chi connectivity index (χ3v) is 3.26. The van der Waals surface area contributed by atoms with Crippen molar-refractivity contribution in [1.29, 1.82) is 0 Å². The quantitative estimate of drug-likeness (QED) is 0.520. The van der Waals surface area contributed by atoms with Crippen LogP contribution in [0.3, 0.4) is 0 Å². The first-order chi connectivity index (χ1) is 7.92. The van der Waals surface area contributed by atoms with Crippen LogP contribution in [0.4, 0.5) is 0 Å². The van der Waals surface area contributed by atoms with E-state index in [2.05, 4.69) is 60.7 Å². The molecule has 2 aliphatic carbocycles. The molecule has 0 bridgehead atoms. The number of hydrogen-bond donors (Lipinski definition) is 0. The standard InChI is InChI=1S/C16H9/c1-2-7-15-13(4-1)9-14-8-11-5-3-6-12(11)10-16(14)15/h1-8,10H. The lowest BCUT2D eigenvalue weighted by molar-refractivity contribution is 1.45. The summed E-state index contributed by atoms with van der Waals surface area (Å²) in [6.45, 7) is 0. The van der Waals surface area contributed by atoms with Crippen LogP contribution in [-0.2, 0) is 0 Å². The van der Waals surface area contributed by atoms with E-state index in [1.165, 1.54) is 32.0 Å². The second-order valence-electron chi connectivity index (χ2n) is 4.22. The Bertz CT molecular complexity index is 837. The predicted molar refractivity (Wildman–Crippen MR) is 65.8 cm³/mol. The average molecular weight is 201 g/mol. The van der Waals surface area contributed by atoms with E-state index in [-0.39, 0.29) is 0 Å². The Morgan fingerprint density at radius 2 is 1.88 bits per heavy atom. The third-order valence-electron chi connectivity index (χ3n) is 3.26. The minimum atomic E-state index is 1.21. The topological polar surface area (TPSA) is 0 Å². The first-order valence-corrected chi connectivity index (χ1v) is 5.48. The SMILES string of the molecule is [C]1=c2ccccc2=c2cc3c(cc21)=CC=C3. The van der Waals surface area contributed by atoms with Crippen molar-refractivity contribution in [2.75, 3.05) is 0 Å². The van der Waals surface area contributed by atoms with Gasteiger partial charge in [0.25, 0.3) is 0 Å². The van der Waals surface area contributed by atoms with E-state index in [1.807, 2.05) is 0 Å². The van der Waals surface area contributed by atoms with Gasteiger partial charge >= 0.3 is 0 Å². The number of benzene rings is 2. The van der Waals surface area contributed by atoms with Gasteiger partial charge in [-0.15, -0.1) is 0 Å². The molecule has 0 heteroatoms. The van der Waals surface area contributed by atoms with Gasteiger partial charge in [-0.2, -0.15) is 0 Å². The molecule has 0 atom stereocenters. The summed E-state index contributed by atoms with van der Waals surface area (Å²) >= 11 is 0. The van der Waals surface area contributed by atoms with Gasteiger partial charge in [0.15, 0.2) is 0 Å². The molecule has 0 aliphatic heterocycles. The van der Waals surface area contributed by atoms with Gasteiger partial charge in [-0.25, -0.2) is 0 Å². The maximum absolute atomic E-state index is 3.46. The Morgan fingerprint density at radius 1 is 0.938 bits per heavy atom. The number of hydrogen-bond acceptors (Lipinski definition) is 0. The van der Waals surface area contributed by atoms with Crippen LogP contribution in [0.15, 0.2) is 42.5 Å². The molecule has 0 saturated carbocycles. The van der Waals surface area contributed by atoms with Gasteiger partial charge in [-0.05, 0) is 50.2 Å². The van der Waals surface area contributed by atoms with E-state index in [9.17, 15) is 0 Å². The summed E-state index contributed by atoms with van der Waals surface area (Å²) in [6.07, 6.45) is 9.88. The zero-order chi connectivity index (χ0) is 10.5. The second-order valence-corrected chi connectivity index (χ2v) is 4.22. The van der Waals surface area contributed by atoms with E-state index in [0.29, 0.717) is 0 Å². The van der Waals surface area contributed by atoms with Crippen LogP contribution < -0.4 is 10.4 Å². The van der Waals surface area contributed by atoms with E-state index < -0.39 is 0 Å². The third kappa shape index (κ3) is 0.938. The number of rotatable bonds is 0. The first kappa shape index (κ1) is 8.12. The van der Waals surface area contributed by atoms with Crippen LogP contribution >= 0.6 is 0 Å². The lowest BCUT2D eigenvalue weighted by atomic mass is 10.1. The van der Waals surface area contributed by atoms with Crippen molar-refractivity contribution >= 4 is 18.2 Å². The molecule has 0 heterocycles. The molecule has 0 spiro atoms. The molecule has 2 aliphatic rings. The zero-order valence-corrected chi connectivity index (χ0v) is 8.70. The summed E-state index contributed by atoms with van der Waals surface area (Å²) < 4.78 is 0. The van der Waals surface area contributed by atoms with Crippen LogP contribution in [0.5, 0.6) is 0 Å². The van der Waals surface area contributed by atoms with Crippen molar-refractivity contribution in [1.82, 2.24) is 0 Å². The molecule has 2 aromatic rings. The molecule has 1 radical (unpaired) electrons. The molecule has 0 saturated heterocycles. The van der Waals surface area contributed by atoms with Crippen molar-refractivity contribution in [2.24, 2.45) is 0 Å². The minimum Gasteiger partial charge on any atom is -0.0616 e. The van der Waals surface area contributed by atoms with E-state index in [0.717, 1.165) is 0 Å². The van der Waals surface area contributed by atoms with Crippen LogP contribution in [0.1, 0.15) is 11.1 Å². The first-order valence-electron chi connectivity index (χ1n) is 5.48. The van der Waals surface area contributed by atoms with Crippen LogP contribution in [0.2, 0.25) is 0 Å². The molecule has 0 fully saturated rings. The molecule has 0 unspecified atom stereocenters. The highest BCUT2D eigenvalue weighted by atomic mass is 14.1. The molecule has 0 N–H and O–H groups in total. The summed E-state index contributed by atoms with van der Waals surface area (Å²) in [5, 5.41) is 5.14. The van der Waals surface area contributed by atoms with Crippen molar-refractivity contribution in [2.45, 2.75) is 0 Å². The Kier molecular flexibility index (Phi) is 1.39. The van der Waals surface area contributed by atoms with E-state index in [1.54, 1.807) is 0 Å². The molecular formula is C16H9. The fourth-order valence-electron chi connectivity index (χ4n) is 2.48. The lowest BCUT2D eigenvalue weighted by Gasteiger charge is -1.95. The van der Waals surface area contributed by atoms with Gasteiger partial charge in [0.1, 0.15) is 0 Å². The van der Waals surface area contributed by atoms with Gasteiger partial charge in [-0.3, -0.25) is 0 Å². The molecule has 16 heavy (non-hydrogen) atoms. The second kappa shape index (κ2) is 2.73. The monoisotopic (exact) mass is 201 g/mol. The number of fused-ring (bicyclic) bond motifs is 3. The molecular weight excluding hydrogens is 192 g/mol. The Labute approximate surface area is 93.2 Å². The van der Waals surface area contributed by atoms with Crippen molar-refractivity contribution in [3.63, 3.8) is 0 Å². The molecule has 0 aromatic heterocycles. The van der Waals surface area contributed by atoms with Crippen LogP contribution in [0.25, 0.3) is 18.2 Å². The maximum Gasteiger partial charge on any atom is -0.00137 e. The van der Waals surface area contributed by atoms with E-state index in [4.69, 9.17) is 0 Å². The molecule has 0 nitrogen and oxygen atoms in total. The highest BCUT2D eigenvalue weighted by Gasteiger charge is 2.05. The fraction of sp³-hybridized carbons (Fsp3) is 0. The van der Waals surface area contributed by atoms with Gasteiger partial charge in [0.2, 0.25) is 0 Å². The molecule has 0 amide bonds. The summed E-state index contributed by atoms with van der Waals surface area (Å²) in [4.78, 5) is 0. The summed E-state index contributed by atoms with van der Waals surface area (Å²) in [6, 6.07) is 12.9. The van der Waals surface area contributed by atoms with Gasteiger partial charge in [-0.1, -0.05) is 42.5 Å². The van der Waals surface area contributed by atoms with Crippen molar-refractivity contribution in [3.8, 4) is 0 Å². The largest absolute Gasteiger partial charge is 0.0616 e.